The summed E-state index contributed by atoms with van der Waals surface area (Å²) in [6.07, 6.45) is 88.1. The molecule has 0 radical (unpaired) electrons. The third kappa shape index (κ3) is 14.2. The molecule has 0 bridgehead atoms. The van der Waals surface area contributed by atoms with Crippen LogP contribution in [0.5, 0.6) is 0 Å². The summed E-state index contributed by atoms with van der Waals surface area (Å²) in [5, 5.41) is 0. The van der Waals surface area contributed by atoms with Crippen LogP contribution in [0.15, 0.2) is 0 Å². The fraction of sp³-hybridized carbons (Fsp3) is 1.00. The second kappa shape index (κ2) is 30.7. The highest BCUT2D eigenvalue weighted by atomic mass is 15.3. The van der Waals surface area contributed by atoms with Crippen LogP contribution in [0.25, 0.3) is 0 Å². The fourth-order valence-corrected chi connectivity index (χ4v) is 34.8. The second-order valence-electron chi connectivity index (χ2n) is 45.3. The normalized spacial score (nSPS) is 48.1. The van der Waals surface area contributed by atoms with Crippen LogP contribution in [-0.4, -0.2) is 75.8 Å². The molecule has 16 aliphatic carbocycles. The molecule has 0 aromatic heterocycles. The smallest absolute Gasteiger partial charge is 0.156 e. The predicted molar refractivity (Wildman–Crippen MR) is 424 cm³/mol. The van der Waals surface area contributed by atoms with Crippen molar-refractivity contribution in [1.82, 2.24) is 14.7 Å². The maximum absolute atomic E-state index is 3.84. The summed E-state index contributed by atoms with van der Waals surface area (Å²) in [4.78, 5) is 11.3. The molecule has 18 aliphatic rings. The van der Waals surface area contributed by atoms with Gasteiger partial charge in [0.15, 0.2) is 6.71 Å². The van der Waals surface area contributed by atoms with Crippen molar-refractivity contribution in [2.24, 2.45) is 129 Å². The molecule has 18 rings (SSSR count). The Morgan fingerprint density at radius 1 is 0.240 bits per heavy atom. The minimum Gasteiger partial charge on any atom is -0.295 e. The van der Waals surface area contributed by atoms with Gasteiger partial charge < -0.3 is 0 Å². The van der Waals surface area contributed by atoms with Gasteiger partial charge in [-0.15, -0.1) is 0 Å². The van der Waals surface area contributed by atoms with Gasteiger partial charge in [-0.05, 0) is 326 Å². The lowest BCUT2D eigenvalue weighted by atomic mass is 9.18. The van der Waals surface area contributed by atoms with Gasteiger partial charge >= 0.3 is 0 Å². The number of hydrogen-bond acceptors (Lipinski definition) is 3. The van der Waals surface area contributed by atoms with E-state index in [1.54, 1.807) is 289 Å². The molecule has 2 aliphatic heterocycles. The van der Waals surface area contributed by atoms with Crippen molar-refractivity contribution in [3.05, 3.63) is 0 Å². The van der Waals surface area contributed by atoms with E-state index in [-0.39, 0.29) is 0 Å². The molecule has 19 unspecified atom stereocenters. The Bertz CT molecular complexity index is 2530. The van der Waals surface area contributed by atoms with Crippen molar-refractivity contribution in [2.75, 3.05) is 0 Å². The molecule has 100 heavy (non-hydrogen) atoms. The molecular weight excluding hydrogens is 1210 g/mol. The first-order chi connectivity index (χ1) is 48.8. The Morgan fingerprint density at radius 3 is 1.07 bits per heavy atom. The first kappa shape index (κ1) is 71.5. The Morgan fingerprint density at radius 2 is 0.610 bits per heavy atom. The first-order valence-electron chi connectivity index (χ1n) is 48.1. The SMILES string of the molecule is CC(C)(C)C1CC2CCC3CC(C(C)(C)C)CC4C(C5CCC6B7C8CC(C9CCCCC9)CCC8N(C8CCC(C9CCCCC9)CC8)C8CC(N(C9CCC(C%10CCCCC%10)CC9)C9CCC(C%10CCCCC%10)CC9)CC(C78)N(C7CCC(C8CCCCC8)CC7)C6C5)CC(C1)C2C34. The molecule has 564 valence electrons. The Kier molecular flexibility index (Phi) is 21.9. The zero-order chi connectivity index (χ0) is 67.4. The standard InChI is InChI=1S/C96H162BN3/c1-95(2,3)77-54-74-32-33-75-55-78(96(4,5)6)60-85-84(57-76(56-77)92(74)93(75)85)73-42-52-86-89(59-73)100(82-50-40-71(41-51-82)66-28-18-10-19-29-66)91-62-83(98(79-44-34-68(35-45-79)63-22-12-7-13-23-63)80-46-36-69(37-47-80)64-24-14-8-15-25-64)61-90-94(91)97(86)87-58-72(67-30-20-11-21-31-67)43-53-88(87)99(90)81-48-38-70(39-49-81)65-26-16-9-17-27-65/h63-94H,7-62H2,1-6H3. The highest BCUT2D eigenvalue weighted by Crippen LogP contribution is 2.70. The molecule has 0 N–H and O–H groups in total. The van der Waals surface area contributed by atoms with E-state index in [2.05, 4.69) is 56.2 Å². The molecule has 0 aromatic rings. The summed E-state index contributed by atoms with van der Waals surface area (Å²) in [6, 6.07) is 7.64. The van der Waals surface area contributed by atoms with E-state index >= 15 is 0 Å². The van der Waals surface area contributed by atoms with Crippen molar-refractivity contribution < 1.29 is 0 Å². The first-order valence-corrected chi connectivity index (χ1v) is 48.1. The lowest BCUT2D eigenvalue weighted by Gasteiger charge is -2.71. The van der Waals surface area contributed by atoms with E-state index in [0.717, 1.165) is 197 Å². The molecule has 18 fully saturated rings. The Labute approximate surface area is 619 Å². The molecular formula is C96H162BN3. The van der Waals surface area contributed by atoms with Crippen LogP contribution in [0.1, 0.15) is 401 Å². The third-order valence-electron chi connectivity index (χ3n) is 39.3. The minimum absolute atomic E-state index is 0.442. The number of nitrogens with zero attached hydrogens (tertiary/aromatic N) is 3. The number of fused-ring (bicyclic) bond motifs is 4. The van der Waals surface area contributed by atoms with Crippen molar-refractivity contribution in [3.8, 4) is 0 Å². The lowest BCUT2D eigenvalue weighted by Crippen LogP contribution is -2.76. The highest BCUT2D eigenvalue weighted by molar-refractivity contribution is 6.65. The third-order valence-corrected chi connectivity index (χ3v) is 39.3. The van der Waals surface area contributed by atoms with Gasteiger partial charge in [0.1, 0.15) is 0 Å². The van der Waals surface area contributed by atoms with Crippen LogP contribution in [0.2, 0.25) is 17.5 Å². The van der Waals surface area contributed by atoms with E-state index in [0.29, 0.717) is 10.8 Å². The van der Waals surface area contributed by atoms with Crippen LogP contribution in [0.4, 0.5) is 0 Å². The Balaban J connectivity index is 0.745. The van der Waals surface area contributed by atoms with Crippen molar-refractivity contribution in [2.45, 2.75) is 473 Å². The van der Waals surface area contributed by atoms with Gasteiger partial charge in [0.2, 0.25) is 0 Å². The van der Waals surface area contributed by atoms with Gasteiger partial charge in [0.05, 0.1) is 0 Å². The van der Waals surface area contributed by atoms with Crippen LogP contribution >= 0.6 is 0 Å². The van der Waals surface area contributed by atoms with Gasteiger partial charge in [-0.3, -0.25) is 14.7 Å². The summed E-state index contributed by atoms with van der Waals surface area (Å²) in [5.41, 5.74) is 0.896. The molecule has 0 amide bonds. The predicted octanol–water partition coefficient (Wildman–Crippen LogP) is 26.3. The lowest BCUT2D eigenvalue weighted by molar-refractivity contribution is -0.155. The summed E-state index contributed by atoms with van der Waals surface area (Å²) >= 11 is 0. The molecule has 0 aromatic carbocycles. The molecule has 4 heteroatoms. The van der Waals surface area contributed by atoms with E-state index < -0.39 is 0 Å². The van der Waals surface area contributed by atoms with Gasteiger partial charge in [0.25, 0.3) is 0 Å². The highest BCUT2D eigenvalue weighted by Gasteiger charge is 2.68. The van der Waals surface area contributed by atoms with Crippen LogP contribution in [-0.2, 0) is 0 Å². The zero-order valence-electron chi connectivity index (χ0n) is 67.0. The topological polar surface area (TPSA) is 9.72 Å². The zero-order valence-corrected chi connectivity index (χ0v) is 67.0. The molecule has 19 atom stereocenters. The van der Waals surface area contributed by atoms with E-state index in [9.17, 15) is 0 Å². The van der Waals surface area contributed by atoms with Crippen LogP contribution < -0.4 is 0 Å². The monoisotopic (exact) mass is 1370 g/mol. The Hall–Kier alpha value is -0.0551. The van der Waals surface area contributed by atoms with Crippen molar-refractivity contribution in [1.29, 1.82) is 0 Å². The fourth-order valence-electron chi connectivity index (χ4n) is 34.8. The van der Waals surface area contributed by atoms with Gasteiger partial charge in [0, 0.05) is 54.4 Å². The quantitative estimate of drug-likeness (QED) is 0.191. The largest absolute Gasteiger partial charge is 0.295 e. The van der Waals surface area contributed by atoms with E-state index in [1.807, 2.05) is 0 Å². The molecule has 2 heterocycles. The molecule has 16 saturated carbocycles. The summed E-state index contributed by atoms with van der Waals surface area (Å²) in [6.45, 7) is 17.2. The maximum atomic E-state index is 3.84. The van der Waals surface area contributed by atoms with E-state index in [4.69, 9.17) is 0 Å². The van der Waals surface area contributed by atoms with Gasteiger partial charge in [-0.1, -0.05) is 221 Å². The van der Waals surface area contributed by atoms with Crippen molar-refractivity contribution >= 4 is 6.71 Å². The summed E-state index contributed by atoms with van der Waals surface area (Å²) in [5.74, 6) is 23.4. The van der Waals surface area contributed by atoms with Gasteiger partial charge in [-0.2, -0.15) is 0 Å². The average molecular weight is 1370 g/mol. The van der Waals surface area contributed by atoms with Gasteiger partial charge in [-0.25, -0.2) is 0 Å². The second-order valence-corrected chi connectivity index (χ2v) is 45.3. The molecule has 2 saturated heterocycles. The molecule has 3 nitrogen and oxygen atoms in total. The van der Waals surface area contributed by atoms with Crippen molar-refractivity contribution in [3.63, 3.8) is 0 Å². The number of hydrogen-bond donors (Lipinski definition) is 0. The molecule has 0 spiro atoms. The maximum Gasteiger partial charge on any atom is 0.156 e. The summed E-state index contributed by atoms with van der Waals surface area (Å²) < 4.78 is 0. The van der Waals surface area contributed by atoms with E-state index in [1.165, 1.54) is 70.6 Å². The van der Waals surface area contributed by atoms with Crippen LogP contribution in [0, 0.1) is 129 Å². The average Bonchev–Trinajstić information content (AvgIpc) is 0.701. The van der Waals surface area contributed by atoms with Crippen LogP contribution in [0.3, 0.4) is 0 Å². The number of rotatable bonds is 11. The minimum atomic E-state index is 0.442. The summed E-state index contributed by atoms with van der Waals surface area (Å²) in [7, 11) is 0.